The Morgan fingerprint density at radius 1 is 1.20 bits per heavy atom. The van der Waals surface area contributed by atoms with Gasteiger partial charge in [-0.15, -0.1) is 0 Å². The van der Waals surface area contributed by atoms with Crippen LogP contribution in [0.3, 0.4) is 0 Å². The van der Waals surface area contributed by atoms with Crippen molar-refractivity contribution in [1.29, 1.82) is 0 Å². The first-order valence-electron chi connectivity index (χ1n) is 11.9. The third-order valence-electron chi connectivity index (χ3n) is 6.16. The zero-order valence-electron chi connectivity index (χ0n) is 20.6. The van der Waals surface area contributed by atoms with Crippen LogP contribution in [0.1, 0.15) is 25.0 Å². The number of rotatable bonds is 6. The number of ether oxygens (including phenoxy) is 2. The highest BCUT2D eigenvalue weighted by Crippen LogP contribution is 2.34. The van der Waals surface area contributed by atoms with Crippen LogP contribution in [0.4, 0.5) is 16.0 Å². The largest absolute Gasteiger partial charge is 0.421 e. The van der Waals surface area contributed by atoms with E-state index >= 15 is 4.39 Å². The minimum Gasteiger partial charge on any atom is -0.421 e. The number of hydrogen-bond donors (Lipinski definition) is 1. The molecule has 5 rings (SSSR count). The topological polar surface area (TPSA) is 75.1 Å². The second-order valence-electron chi connectivity index (χ2n) is 9.63. The Labute approximate surface area is 205 Å². The van der Waals surface area contributed by atoms with Gasteiger partial charge in [-0.25, -0.2) is 4.39 Å². The first kappa shape index (κ1) is 23.4. The smallest absolute Gasteiger partial charge is 0.326 e. The quantitative estimate of drug-likeness (QED) is 0.675. The fourth-order valence-electron chi connectivity index (χ4n) is 4.57. The maximum absolute atomic E-state index is 15.2. The predicted octanol–water partition coefficient (Wildman–Crippen LogP) is 3.90. The highest BCUT2D eigenvalue weighted by atomic mass is 19.1. The summed E-state index contributed by atoms with van der Waals surface area (Å²) in [7, 11) is 4.06. The van der Waals surface area contributed by atoms with E-state index in [-0.39, 0.29) is 23.7 Å². The standard InChI is InChI=1S/C26H31FN6O2/c1-16-9-18-5-6-21(25(27)20(18)10-16)35-26-30-23(29-22-11-17(2)13-28-22)12-24(31-26)33-7-8-34-19(15-33)14-32(3)4/h5-6,10-12,19H,7-9,13-15H2,1-4H3,(H,28,29,30,31). The lowest BCUT2D eigenvalue weighted by molar-refractivity contribution is 0.0245. The number of nitrogens with zero attached hydrogens (tertiary/aromatic N) is 5. The fraction of sp³-hybridized carbons (Fsp3) is 0.423. The summed E-state index contributed by atoms with van der Waals surface area (Å²) < 4.78 is 27.1. The van der Waals surface area contributed by atoms with Gasteiger partial charge in [-0.1, -0.05) is 17.7 Å². The van der Waals surface area contributed by atoms with Crippen LogP contribution >= 0.6 is 0 Å². The number of aliphatic imine (C=N–C) groups is 1. The Morgan fingerprint density at radius 2 is 2.06 bits per heavy atom. The molecule has 9 heteroatoms. The highest BCUT2D eigenvalue weighted by Gasteiger charge is 2.24. The summed E-state index contributed by atoms with van der Waals surface area (Å²) in [4.78, 5) is 17.9. The van der Waals surface area contributed by atoms with E-state index in [1.165, 1.54) is 5.57 Å². The van der Waals surface area contributed by atoms with Gasteiger partial charge in [-0.2, -0.15) is 9.97 Å². The minimum absolute atomic E-state index is 0.0588. The lowest BCUT2D eigenvalue weighted by atomic mass is 10.1. The van der Waals surface area contributed by atoms with E-state index in [1.807, 2.05) is 52.2 Å². The fourth-order valence-corrected chi connectivity index (χ4v) is 4.57. The number of halogens is 1. The van der Waals surface area contributed by atoms with Gasteiger partial charge in [0, 0.05) is 31.3 Å². The number of anilines is 2. The van der Waals surface area contributed by atoms with Crippen LogP contribution in [-0.2, 0) is 11.2 Å². The Hall–Kier alpha value is -3.30. The molecule has 0 radical (unpaired) electrons. The third-order valence-corrected chi connectivity index (χ3v) is 6.16. The van der Waals surface area contributed by atoms with Crippen molar-refractivity contribution in [2.24, 2.45) is 4.99 Å². The Morgan fingerprint density at radius 3 is 2.83 bits per heavy atom. The Bertz CT molecular complexity index is 1220. The van der Waals surface area contributed by atoms with Crippen molar-refractivity contribution >= 4 is 23.5 Å². The normalized spacial score (nSPS) is 19.4. The SMILES string of the molecule is CC1=CC(Nc2cc(N3CCOC(CN(C)C)C3)nc(Oc3ccc4c(c3F)C=C(C)C4)n2)=NC1. The number of benzene rings is 1. The monoisotopic (exact) mass is 478 g/mol. The molecule has 0 amide bonds. The molecule has 8 nitrogen and oxygen atoms in total. The van der Waals surface area contributed by atoms with Gasteiger partial charge in [-0.05, 0) is 57.6 Å². The number of hydrogen-bond acceptors (Lipinski definition) is 8. The van der Waals surface area contributed by atoms with Gasteiger partial charge in [0.15, 0.2) is 11.6 Å². The van der Waals surface area contributed by atoms with Crippen molar-refractivity contribution in [2.75, 3.05) is 57.1 Å². The van der Waals surface area contributed by atoms with Gasteiger partial charge in [0.1, 0.15) is 17.5 Å². The van der Waals surface area contributed by atoms with E-state index in [2.05, 4.69) is 30.1 Å². The van der Waals surface area contributed by atoms with Crippen molar-refractivity contribution < 1.29 is 13.9 Å². The molecule has 0 saturated carbocycles. The van der Waals surface area contributed by atoms with Crippen LogP contribution in [-0.4, -0.2) is 73.7 Å². The molecule has 184 valence electrons. The van der Waals surface area contributed by atoms with E-state index in [4.69, 9.17) is 9.47 Å². The summed E-state index contributed by atoms with van der Waals surface area (Å²) in [6.07, 6.45) is 4.67. The Kier molecular flexibility index (Phi) is 6.53. The molecule has 1 fully saturated rings. The molecule has 3 heterocycles. The summed E-state index contributed by atoms with van der Waals surface area (Å²) in [6, 6.07) is 5.51. The van der Waals surface area contributed by atoms with Crippen molar-refractivity contribution in [3.05, 3.63) is 52.4 Å². The molecule has 1 N–H and O–H groups in total. The van der Waals surface area contributed by atoms with E-state index in [9.17, 15) is 0 Å². The Balaban J connectivity index is 1.45. The molecule has 3 aliphatic rings. The summed E-state index contributed by atoms with van der Waals surface area (Å²) >= 11 is 0. The molecular weight excluding hydrogens is 447 g/mol. The number of aromatic nitrogens is 2. The van der Waals surface area contributed by atoms with Gasteiger partial charge in [-0.3, -0.25) is 4.99 Å². The maximum atomic E-state index is 15.2. The van der Waals surface area contributed by atoms with Crippen LogP contribution in [0.25, 0.3) is 6.08 Å². The van der Waals surface area contributed by atoms with Crippen LogP contribution in [0.5, 0.6) is 11.8 Å². The number of nitrogens with one attached hydrogen (secondary N) is 1. The molecule has 1 aliphatic carbocycles. The second-order valence-corrected chi connectivity index (χ2v) is 9.63. The third kappa shape index (κ3) is 5.36. The van der Waals surface area contributed by atoms with Crippen LogP contribution in [0.15, 0.2) is 40.4 Å². The van der Waals surface area contributed by atoms with Gasteiger partial charge < -0.3 is 24.6 Å². The number of allylic oxidation sites excluding steroid dienone is 1. The van der Waals surface area contributed by atoms with Crippen LogP contribution in [0, 0.1) is 5.82 Å². The zero-order chi connectivity index (χ0) is 24.5. The van der Waals surface area contributed by atoms with E-state index < -0.39 is 0 Å². The first-order valence-corrected chi connectivity index (χ1v) is 11.9. The molecule has 1 atom stereocenters. The average Bonchev–Trinajstić information content (AvgIpc) is 3.40. The van der Waals surface area contributed by atoms with Gasteiger partial charge >= 0.3 is 6.01 Å². The summed E-state index contributed by atoms with van der Waals surface area (Å²) in [5.41, 5.74) is 3.84. The predicted molar refractivity (Wildman–Crippen MR) is 136 cm³/mol. The number of fused-ring (bicyclic) bond motifs is 1. The molecule has 2 aromatic rings. The second kappa shape index (κ2) is 9.75. The lowest BCUT2D eigenvalue weighted by Crippen LogP contribution is -2.46. The zero-order valence-corrected chi connectivity index (χ0v) is 20.6. The number of likely N-dealkylation sites (N-methyl/N-ethyl adjacent to an activating group) is 1. The van der Waals surface area contributed by atoms with Crippen LogP contribution in [0.2, 0.25) is 0 Å². The van der Waals surface area contributed by atoms with Crippen molar-refractivity contribution in [1.82, 2.24) is 14.9 Å². The summed E-state index contributed by atoms with van der Waals surface area (Å²) in [5.74, 6) is 1.69. The van der Waals surface area contributed by atoms with E-state index in [0.717, 1.165) is 29.9 Å². The van der Waals surface area contributed by atoms with Gasteiger partial charge in [0.25, 0.3) is 0 Å². The van der Waals surface area contributed by atoms with Crippen molar-refractivity contribution in [3.8, 4) is 11.8 Å². The molecule has 0 spiro atoms. The minimum atomic E-state index is -0.390. The molecule has 1 aromatic heterocycles. The molecule has 1 aromatic carbocycles. The van der Waals surface area contributed by atoms with Crippen molar-refractivity contribution in [3.63, 3.8) is 0 Å². The molecule has 2 aliphatic heterocycles. The number of amidine groups is 1. The first-order chi connectivity index (χ1) is 16.8. The molecule has 1 saturated heterocycles. The number of morpholine rings is 1. The van der Waals surface area contributed by atoms with Gasteiger partial charge in [0.05, 0.1) is 19.3 Å². The van der Waals surface area contributed by atoms with Gasteiger partial charge in [0.2, 0.25) is 0 Å². The van der Waals surface area contributed by atoms with E-state index in [0.29, 0.717) is 43.4 Å². The molecule has 35 heavy (non-hydrogen) atoms. The average molecular weight is 479 g/mol. The molecule has 0 bridgehead atoms. The maximum Gasteiger partial charge on any atom is 0.326 e. The van der Waals surface area contributed by atoms with Crippen LogP contribution < -0.4 is 15.0 Å². The highest BCUT2D eigenvalue weighted by molar-refractivity contribution is 6.05. The molecule has 1 unspecified atom stereocenters. The van der Waals surface area contributed by atoms with E-state index in [1.54, 1.807) is 6.07 Å². The summed E-state index contributed by atoms with van der Waals surface area (Å²) in [5, 5.41) is 3.26. The summed E-state index contributed by atoms with van der Waals surface area (Å²) in [6.45, 7) is 7.47. The molecular formula is C26H31FN6O2. The van der Waals surface area contributed by atoms with Crippen molar-refractivity contribution in [2.45, 2.75) is 26.4 Å². The lowest BCUT2D eigenvalue weighted by Gasteiger charge is -2.35.